The molecule has 164 valence electrons. The molecule has 0 bridgehead atoms. The van der Waals surface area contributed by atoms with Crippen molar-refractivity contribution in [2.24, 2.45) is 5.92 Å². The second-order valence-corrected chi connectivity index (χ2v) is 8.85. The molecular formula is C27H27ClN2O2. The zero-order chi connectivity index (χ0) is 22.5. The molecule has 3 aromatic carbocycles. The highest BCUT2D eigenvalue weighted by Crippen LogP contribution is 2.26. The van der Waals surface area contributed by atoms with E-state index in [9.17, 15) is 9.59 Å². The van der Waals surface area contributed by atoms with E-state index in [0.717, 1.165) is 32.5 Å². The summed E-state index contributed by atoms with van der Waals surface area (Å²) in [6.45, 7) is 4.75. The first-order valence-electron chi connectivity index (χ1n) is 11.0. The minimum absolute atomic E-state index is 0.0376. The average Bonchev–Trinajstić information content (AvgIpc) is 2.82. The van der Waals surface area contributed by atoms with Crippen LogP contribution in [0.1, 0.15) is 39.9 Å². The number of benzene rings is 3. The Labute approximate surface area is 194 Å². The van der Waals surface area contributed by atoms with Gasteiger partial charge in [0.05, 0.1) is 5.69 Å². The SMILES string of the molecule is Cc1ccc(CN2CCC(C(=O)Nc3ccc(Cl)cc3C(=O)c3ccccc3)CC2)cc1. The molecule has 0 saturated carbocycles. The summed E-state index contributed by atoms with van der Waals surface area (Å²) in [5, 5.41) is 3.46. The van der Waals surface area contributed by atoms with Crippen LogP contribution in [0.3, 0.4) is 0 Å². The van der Waals surface area contributed by atoms with Crippen LogP contribution < -0.4 is 5.32 Å². The summed E-state index contributed by atoms with van der Waals surface area (Å²) in [5.41, 5.74) is 4.04. The number of aryl methyl sites for hydroxylation is 1. The summed E-state index contributed by atoms with van der Waals surface area (Å²) in [5.74, 6) is -0.264. The first kappa shape index (κ1) is 22.3. The molecule has 5 heteroatoms. The Hall–Kier alpha value is -2.95. The molecule has 3 aromatic rings. The molecule has 1 aliphatic heterocycles. The summed E-state index contributed by atoms with van der Waals surface area (Å²) in [6.07, 6.45) is 1.60. The first-order chi connectivity index (χ1) is 15.5. The van der Waals surface area contributed by atoms with Crippen molar-refractivity contribution in [2.75, 3.05) is 18.4 Å². The van der Waals surface area contributed by atoms with Crippen LogP contribution in [0.2, 0.25) is 5.02 Å². The van der Waals surface area contributed by atoms with Gasteiger partial charge < -0.3 is 5.32 Å². The van der Waals surface area contributed by atoms with Crippen LogP contribution in [-0.4, -0.2) is 29.7 Å². The van der Waals surface area contributed by atoms with E-state index >= 15 is 0 Å². The van der Waals surface area contributed by atoms with Crippen molar-refractivity contribution in [3.8, 4) is 0 Å². The highest BCUT2D eigenvalue weighted by Gasteiger charge is 2.26. The van der Waals surface area contributed by atoms with Gasteiger partial charge in [0.25, 0.3) is 0 Å². The van der Waals surface area contributed by atoms with Crippen molar-refractivity contribution in [1.29, 1.82) is 0 Å². The van der Waals surface area contributed by atoms with Crippen LogP contribution in [0.25, 0.3) is 0 Å². The largest absolute Gasteiger partial charge is 0.325 e. The third-order valence-electron chi connectivity index (χ3n) is 6.01. The molecule has 1 heterocycles. The Morgan fingerprint density at radius 2 is 1.66 bits per heavy atom. The highest BCUT2D eigenvalue weighted by atomic mass is 35.5. The van der Waals surface area contributed by atoms with E-state index < -0.39 is 0 Å². The zero-order valence-electron chi connectivity index (χ0n) is 18.2. The van der Waals surface area contributed by atoms with Gasteiger partial charge in [0.15, 0.2) is 5.78 Å². The fourth-order valence-corrected chi connectivity index (χ4v) is 4.27. The number of carbonyl (C=O) groups is 2. The van der Waals surface area contributed by atoms with E-state index in [1.165, 1.54) is 11.1 Å². The molecule has 0 radical (unpaired) electrons. The molecule has 1 amide bonds. The van der Waals surface area contributed by atoms with E-state index in [1.54, 1.807) is 30.3 Å². The van der Waals surface area contributed by atoms with Gasteiger partial charge in [-0.2, -0.15) is 0 Å². The number of carbonyl (C=O) groups excluding carboxylic acids is 2. The monoisotopic (exact) mass is 446 g/mol. The van der Waals surface area contributed by atoms with E-state index in [0.29, 0.717) is 21.8 Å². The van der Waals surface area contributed by atoms with E-state index in [4.69, 9.17) is 11.6 Å². The summed E-state index contributed by atoms with van der Waals surface area (Å²) in [4.78, 5) is 28.4. The number of nitrogens with one attached hydrogen (secondary N) is 1. The van der Waals surface area contributed by atoms with Gasteiger partial charge in [0.2, 0.25) is 5.91 Å². The number of hydrogen-bond acceptors (Lipinski definition) is 3. The fraction of sp³-hybridized carbons (Fsp3) is 0.259. The molecule has 0 aromatic heterocycles. The average molecular weight is 447 g/mol. The number of hydrogen-bond donors (Lipinski definition) is 1. The minimum atomic E-state index is -0.156. The van der Waals surface area contributed by atoms with Crippen LogP contribution in [0, 0.1) is 12.8 Å². The predicted molar refractivity (Wildman–Crippen MR) is 129 cm³/mol. The van der Waals surface area contributed by atoms with Crippen LogP contribution in [-0.2, 0) is 11.3 Å². The maximum absolute atomic E-state index is 13.0. The molecule has 1 aliphatic rings. The summed E-state index contributed by atoms with van der Waals surface area (Å²) < 4.78 is 0. The van der Waals surface area contributed by atoms with Crippen molar-refractivity contribution in [3.63, 3.8) is 0 Å². The van der Waals surface area contributed by atoms with Crippen molar-refractivity contribution >= 4 is 29.0 Å². The van der Waals surface area contributed by atoms with Crippen molar-refractivity contribution in [1.82, 2.24) is 4.90 Å². The van der Waals surface area contributed by atoms with Gasteiger partial charge in [-0.15, -0.1) is 0 Å². The number of piperidine rings is 1. The van der Waals surface area contributed by atoms with Crippen LogP contribution in [0.4, 0.5) is 5.69 Å². The summed E-state index contributed by atoms with van der Waals surface area (Å²) in [6, 6.07) is 22.7. The Bertz CT molecular complexity index is 1090. The van der Waals surface area contributed by atoms with Gasteiger partial charge in [0, 0.05) is 28.6 Å². The first-order valence-corrected chi connectivity index (χ1v) is 11.4. The van der Waals surface area contributed by atoms with Crippen molar-refractivity contribution < 1.29 is 9.59 Å². The van der Waals surface area contributed by atoms with Gasteiger partial charge >= 0.3 is 0 Å². The Morgan fingerprint density at radius 1 is 0.969 bits per heavy atom. The number of halogens is 1. The quantitative estimate of drug-likeness (QED) is 0.492. The molecule has 32 heavy (non-hydrogen) atoms. The lowest BCUT2D eigenvalue weighted by Crippen LogP contribution is -2.37. The van der Waals surface area contributed by atoms with Crippen LogP contribution >= 0.6 is 11.6 Å². The van der Waals surface area contributed by atoms with Gasteiger partial charge in [-0.05, 0) is 56.6 Å². The van der Waals surface area contributed by atoms with Gasteiger partial charge in [-0.1, -0.05) is 71.8 Å². The number of likely N-dealkylation sites (tertiary alicyclic amines) is 1. The normalized spacial score (nSPS) is 14.8. The molecule has 4 rings (SSSR count). The minimum Gasteiger partial charge on any atom is -0.325 e. The van der Waals surface area contributed by atoms with Gasteiger partial charge in [0.1, 0.15) is 0 Å². The maximum Gasteiger partial charge on any atom is 0.227 e. The molecule has 0 unspecified atom stereocenters. The van der Waals surface area contributed by atoms with Gasteiger partial charge in [-0.25, -0.2) is 0 Å². The number of ketones is 1. The Balaban J connectivity index is 1.39. The van der Waals surface area contributed by atoms with Crippen LogP contribution in [0.15, 0.2) is 72.8 Å². The Morgan fingerprint density at radius 3 is 2.34 bits per heavy atom. The number of anilines is 1. The summed E-state index contributed by atoms with van der Waals surface area (Å²) in [7, 11) is 0. The zero-order valence-corrected chi connectivity index (χ0v) is 18.9. The van der Waals surface area contributed by atoms with Gasteiger partial charge in [-0.3, -0.25) is 14.5 Å². The van der Waals surface area contributed by atoms with E-state index in [-0.39, 0.29) is 17.6 Å². The maximum atomic E-state index is 13.0. The third kappa shape index (κ3) is 5.45. The summed E-state index contributed by atoms with van der Waals surface area (Å²) >= 11 is 6.15. The van der Waals surface area contributed by atoms with Crippen LogP contribution in [0.5, 0.6) is 0 Å². The number of nitrogens with zero attached hydrogens (tertiary/aromatic N) is 1. The lowest BCUT2D eigenvalue weighted by molar-refractivity contribution is -0.121. The Kier molecular flexibility index (Phi) is 7.03. The van der Waals surface area contributed by atoms with E-state index in [2.05, 4.69) is 41.4 Å². The molecule has 0 aliphatic carbocycles. The molecule has 0 atom stereocenters. The second kappa shape index (κ2) is 10.1. The fourth-order valence-electron chi connectivity index (χ4n) is 4.10. The third-order valence-corrected chi connectivity index (χ3v) is 6.24. The van der Waals surface area contributed by atoms with E-state index in [1.807, 2.05) is 18.2 Å². The van der Waals surface area contributed by atoms with Crippen molar-refractivity contribution in [3.05, 3.63) is 100 Å². The molecule has 0 spiro atoms. The smallest absolute Gasteiger partial charge is 0.227 e. The second-order valence-electron chi connectivity index (χ2n) is 8.41. The number of rotatable bonds is 6. The lowest BCUT2D eigenvalue weighted by atomic mass is 9.95. The highest BCUT2D eigenvalue weighted by molar-refractivity contribution is 6.31. The molecule has 1 fully saturated rings. The topological polar surface area (TPSA) is 49.4 Å². The molecule has 1 N–H and O–H groups in total. The molecule has 1 saturated heterocycles. The van der Waals surface area contributed by atoms with Crippen molar-refractivity contribution in [2.45, 2.75) is 26.3 Å². The molecular weight excluding hydrogens is 420 g/mol. The predicted octanol–water partition coefficient (Wildman–Crippen LogP) is 5.73. The number of amides is 1. The lowest BCUT2D eigenvalue weighted by Gasteiger charge is -2.31. The standard InChI is InChI=1S/C27H27ClN2O2/c1-19-7-9-20(10-8-19)18-30-15-13-22(14-16-30)27(32)29-25-12-11-23(28)17-24(25)26(31)21-5-3-2-4-6-21/h2-12,17,22H,13-16,18H2,1H3,(H,29,32). The molecule has 4 nitrogen and oxygen atoms in total.